The quantitative estimate of drug-likeness (QED) is 0.0171. The van der Waals surface area contributed by atoms with Gasteiger partial charge >= 0.3 is 19.8 Å². The molecule has 3 unspecified atom stereocenters. The van der Waals surface area contributed by atoms with Crippen molar-refractivity contribution in [1.82, 2.24) is 0 Å². The number of esters is 2. The van der Waals surface area contributed by atoms with Crippen LogP contribution in [0, 0.1) is 0 Å². The van der Waals surface area contributed by atoms with Gasteiger partial charge in [0.25, 0.3) is 0 Å². The van der Waals surface area contributed by atoms with E-state index in [1.807, 2.05) is 24.3 Å². The van der Waals surface area contributed by atoms with Crippen molar-refractivity contribution in [1.29, 1.82) is 0 Å². The van der Waals surface area contributed by atoms with Crippen molar-refractivity contribution in [2.75, 3.05) is 26.4 Å². The zero-order valence-corrected chi connectivity index (χ0v) is 36.8. The standard InChI is InChI=1S/C46H77O12P/c1-3-5-7-9-11-13-15-17-18-19-20-21-23-25-27-29-31-35-45(51)55-39-42(40-57-59(53,54)56-38-41(48)37-47)58-46(52)36-32-34-44(50)43(49)33-30-28-26-24-22-16-14-12-10-8-6-4-2/h11-14,17-18,20-22,24-25,27-28,30,41-44,47-50H,3-10,15-16,19,23,26,29,31-40H2,1-2H3,(H,53,54)/b13-11-,14-12-,18-17-,21-20-,24-22-,27-25-,30-28-/t41-,42+,43?,44?/m0/s1. The van der Waals surface area contributed by atoms with Crippen molar-refractivity contribution < 1.29 is 58.0 Å². The summed E-state index contributed by atoms with van der Waals surface area (Å²) in [6.07, 6.45) is 40.1. The highest BCUT2D eigenvalue weighted by atomic mass is 31.2. The number of hydrogen-bond donors (Lipinski definition) is 5. The number of aliphatic hydroxyl groups excluding tert-OH is 4. The van der Waals surface area contributed by atoms with Gasteiger partial charge in [-0.15, -0.1) is 0 Å². The minimum atomic E-state index is -4.72. The van der Waals surface area contributed by atoms with Crippen LogP contribution < -0.4 is 0 Å². The normalized spacial score (nSPS) is 15.7. The van der Waals surface area contributed by atoms with Gasteiger partial charge < -0.3 is 34.8 Å². The second kappa shape index (κ2) is 40.5. The lowest BCUT2D eigenvalue weighted by molar-refractivity contribution is -0.161. The number of aliphatic hydroxyl groups is 4. The molecule has 5 N–H and O–H groups in total. The molecule has 0 aliphatic carbocycles. The van der Waals surface area contributed by atoms with Gasteiger partial charge in [0.2, 0.25) is 0 Å². The first kappa shape index (κ1) is 56.1. The van der Waals surface area contributed by atoms with Crippen LogP contribution in [0.25, 0.3) is 0 Å². The molecule has 0 fully saturated rings. The Labute approximate surface area is 355 Å². The van der Waals surface area contributed by atoms with Gasteiger partial charge in [0.1, 0.15) is 12.7 Å². The van der Waals surface area contributed by atoms with Crippen LogP contribution in [0.3, 0.4) is 0 Å². The molecule has 0 saturated carbocycles. The molecule has 0 rings (SSSR count). The highest BCUT2D eigenvalue weighted by molar-refractivity contribution is 7.47. The molecule has 0 saturated heterocycles. The van der Waals surface area contributed by atoms with E-state index in [9.17, 15) is 34.4 Å². The van der Waals surface area contributed by atoms with Gasteiger partial charge in [-0.2, -0.15) is 0 Å². The Morgan fingerprint density at radius 3 is 1.53 bits per heavy atom. The SMILES string of the molecule is CCCCC/C=C\C/C=C\C/C=C\C/C=C\CCCC(=O)OC[C@H](COP(=O)(O)OC[C@@H](O)CO)OC(=O)CCCC(O)C(O)C/C=C\C/C=C\C/C=C\CCCCC. The summed E-state index contributed by atoms with van der Waals surface area (Å²) in [5.74, 6) is -1.28. The number of hydrogen-bond acceptors (Lipinski definition) is 11. The van der Waals surface area contributed by atoms with Crippen LogP contribution in [0.5, 0.6) is 0 Å². The minimum Gasteiger partial charge on any atom is -0.462 e. The molecule has 12 nitrogen and oxygen atoms in total. The average Bonchev–Trinajstić information content (AvgIpc) is 3.22. The first-order chi connectivity index (χ1) is 28.5. The molecule has 5 atom stereocenters. The molecule has 0 spiro atoms. The summed E-state index contributed by atoms with van der Waals surface area (Å²) in [6, 6.07) is 0. The molecule has 0 aromatic carbocycles. The third-order valence-corrected chi connectivity index (χ3v) is 9.67. The Hall–Kier alpha value is -2.93. The lowest BCUT2D eigenvalue weighted by atomic mass is 10.0. The number of carbonyl (C=O) groups is 2. The summed E-state index contributed by atoms with van der Waals surface area (Å²) in [5.41, 5.74) is 0. The Balaban J connectivity index is 4.66. The first-order valence-corrected chi connectivity index (χ1v) is 23.2. The van der Waals surface area contributed by atoms with E-state index in [0.717, 1.165) is 38.5 Å². The van der Waals surface area contributed by atoms with E-state index < -0.39 is 70.6 Å². The van der Waals surface area contributed by atoms with Crippen molar-refractivity contribution in [3.05, 3.63) is 85.1 Å². The average molecular weight is 853 g/mol. The second-order valence-corrected chi connectivity index (χ2v) is 15.8. The topological polar surface area (TPSA) is 189 Å². The Morgan fingerprint density at radius 2 is 1.02 bits per heavy atom. The molecule has 0 amide bonds. The molecule has 0 heterocycles. The van der Waals surface area contributed by atoms with Gasteiger partial charge in [-0.25, -0.2) is 4.57 Å². The Morgan fingerprint density at radius 1 is 0.559 bits per heavy atom. The summed E-state index contributed by atoms with van der Waals surface area (Å²) in [4.78, 5) is 35.0. The van der Waals surface area contributed by atoms with Gasteiger partial charge in [-0.1, -0.05) is 125 Å². The Bertz CT molecular complexity index is 1290. The summed E-state index contributed by atoms with van der Waals surface area (Å²) in [5, 5.41) is 39.0. The molecule has 59 heavy (non-hydrogen) atoms. The van der Waals surface area contributed by atoms with Crippen molar-refractivity contribution in [3.8, 4) is 0 Å². The maximum absolute atomic E-state index is 12.6. The fourth-order valence-corrected chi connectivity index (χ4v) is 5.99. The second-order valence-electron chi connectivity index (χ2n) is 14.3. The van der Waals surface area contributed by atoms with E-state index in [0.29, 0.717) is 19.3 Å². The van der Waals surface area contributed by atoms with Gasteiger partial charge in [0, 0.05) is 12.8 Å². The van der Waals surface area contributed by atoms with Crippen molar-refractivity contribution in [2.24, 2.45) is 0 Å². The highest BCUT2D eigenvalue weighted by Crippen LogP contribution is 2.43. The van der Waals surface area contributed by atoms with Crippen LogP contribution >= 0.6 is 7.82 Å². The third-order valence-electron chi connectivity index (χ3n) is 8.72. The van der Waals surface area contributed by atoms with E-state index in [-0.39, 0.29) is 32.1 Å². The van der Waals surface area contributed by atoms with Crippen LogP contribution in [-0.4, -0.2) is 88.1 Å². The van der Waals surface area contributed by atoms with Gasteiger partial charge in [0.15, 0.2) is 6.10 Å². The fourth-order valence-electron chi connectivity index (χ4n) is 5.20. The zero-order valence-electron chi connectivity index (χ0n) is 35.9. The zero-order chi connectivity index (χ0) is 43.7. The predicted molar refractivity (Wildman–Crippen MR) is 235 cm³/mol. The number of carbonyl (C=O) groups excluding carboxylic acids is 2. The summed E-state index contributed by atoms with van der Waals surface area (Å²) >= 11 is 0. The number of ether oxygens (including phenoxy) is 2. The van der Waals surface area contributed by atoms with Crippen LogP contribution in [0.2, 0.25) is 0 Å². The molecule has 0 aliphatic rings. The molecule has 0 aromatic heterocycles. The lowest BCUT2D eigenvalue weighted by Gasteiger charge is -2.20. The number of rotatable bonds is 39. The van der Waals surface area contributed by atoms with Crippen molar-refractivity contribution in [3.63, 3.8) is 0 Å². The number of allylic oxidation sites excluding steroid dienone is 13. The van der Waals surface area contributed by atoms with E-state index in [1.165, 1.54) is 38.5 Å². The summed E-state index contributed by atoms with van der Waals surface area (Å²) in [6.45, 7) is 1.90. The molecule has 0 aromatic rings. The third kappa shape index (κ3) is 39.0. The summed E-state index contributed by atoms with van der Waals surface area (Å²) < 4.78 is 32.4. The minimum absolute atomic E-state index is 0.100. The maximum atomic E-state index is 12.6. The van der Waals surface area contributed by atoms with Crippen LogP contribution in [-0.2, 0) is 32.7 Å². The molecular formula is C46H77O12P. The number of phosphoric ester groups is 1. The predicted octanol–water partition coefficient (Wildman–Crippen LogP) is 9.39. The molecule has 0 radical (unpaired) electrons. The maximum Gasteiger partial charge on any atom is 0.472 e. The van der Waals surface area contributed by atoms with E-state index in [2.05, 4.69) is 73.1 Å². The van der Waals surface area contributed by atoms with Crippen molar-refractivity contribution >= 4 is 19.8 Å². The van der Waals surface area contributed by atoms with Crippen molar-refractivity contribution in [2.45, 2.75) is 167 Å². The Kier molecular flexibility index (Phi) is 38.5. The van der Waals surface area contributed by atoms with Crippen LogP contribution in [0.4, 0.5) is 0 Å². The highest BCUT2D eigenvalue weighted by Gasteiger charge is 2.27. The molecular weight excluding hydrogens is 775 g/mol. The van der Waals surface area contributed by atoms with Crippen LogP contribution in [0.15, 0.2) is 85.1 Å². The first-order valence-electron chi connectivity index (χ1n) is 21.7. The van der Waals surface area contributed by atoms with E-state index >= 15 is 0 Å². The fraction of sp³-hybridized carbons (Fsp3) is 0.652. The molecule has 13 heteroatoms. The van der Waals surface area contributed by atoms with Gasteiger partial charge in [0.05, 0.1) is 32.0 Å². The van der Waals surface area contributed by atoms with Gasteiger partial charge in [-0.05, 0) is 89.9 Å². The number of unbranched alkanes of at least 4 members (excludes halogenated alkanes) is 7. The summed E-state index contributed by atoms with van der Waals surface area (Å²) in [7, 11) is -4.72. The van der Waals surface area contributed by atoms with E-state index in [4.69, 9.17) is 19.1 Å². The molecule has 338 valence electrons. The van der Waals surface area contributed by atoms with Crippen LogP contribution in [0.1, 0.15) is 142 Å². The van der Waals surface area contributed by atoms with Gasteiger partial charge in [-0.3, -0.25) is 18.6 Å². The monoisotopic (exact) mass is 853 g/mol. The molecule has 0 bridgehead atoms. The lowest BCUT2D eigenvalue weighted by Crippen LogP contribution is -2.30. The largest absolute Gasteiger partial charge is 0.472 e. The van der Waals surface area contributed by atoms with E-state index in [1.54, 1.807) is 6.08 Å². The molecule has 0 aliphatic heterocycles. The smallest absolute Gasteiger partial charge is 0.462 e. The number of phosphoric acid groups is 1.